The van der Waals surface area contributed by atoms with E-state index in [9.17, 15) is 4.79 Å². The molecule has 0 radical (unpaired) electrons. The molecule has 0 aliphatic carbocycles. The number of ether oxygens (including phenoxy) is 1. The summed E-state index contributed by atoms with van der Waals surface area (Å²) < 4.78 is 5.42. The van der Waals surface area contributed by atoms with Gasteiger partial charge in [-0.25, -0.2) is 0 Å². The zero-order chi connectivity index (χ0) is 12.7. The molecule has 4 heteroatoms. The molecule has 3 nitrogen and oxygen atoms in total. The second kappa shape index (κ2) is 6.97. The lowest BCUT2D eigenvalue weighted by molar-refractivity contribution is 0.0957. The van der Waals surface area contributed by atoms with Crippen molar-refractivity contribution < 1.29 is 9.53 Å². The number of nitrogens with one attached hydrogen (secondary N) is 1. The van der Waals surface area contributed by atoms with Gasteiger partial charge in [-0.3, -0.25) is 4.79 Å². The summed E-state index contributed by atoms with van der Waals surface area (Å²) >= 11 is 5.56. The molecule has 0 saturated heterocycles. The van der Waals surface area contributed by atoms with Crippen LogP contribution >= 0.6 is 11.6 Å². The molecule has 0 aromatic heterocycles. The predicted molar refractivity (Wildman–Crippen MR) is 69.6 cm³/mol. The molecule has 1 aromatic rings. The Hall–Kier alpha value is -1.48. The van der Waals surface area contributed by atoms with Gasteiger partial charge in [0.1, 0.15) is 5.75 Å². The minimum Gasteiger partial charge on any atom is -0.494 e. The number of carbonyl (C=O) groups excluding carboxylic acids is 1. The van der Waals surface area contributed by atoms with Gasteiger partial charge in [0.25, 0.3) is 5.91 Å². The minimum absolute atomic E-state index is 0.172. The van der Waals surface area contributed by atoms with E-state index in [4.69, 9.17) is 16.3 Å². The molecule has 0 aliphatic rings. The summed E-state index contributed by atoms with van der Waals surface area (Å²) in [6, 6.07) is 6.99. The Bertz CT molecular complexity index is 387. The van der Waals surface area contributed by atoms with Gasteiger partial charge in [-0.2, -0.15) is 0 Å². The SMILES string of the molecule is C=C(Cl)CNC(=O)c1ccc(OCCC)cc1. The van der Waals surface area contributed by atoms with Gasteiger partial charge in [-0.05, 0) is 30.7 Å². The molecule has 0 bridgehead atoms. The largest absolute Gasteiger partial charge is 0.494 e. The normalized spacial score (nSPS) is 9.76. The highest BCUT2D eigenvalue weighted by atomic mass is 35.5. The molecular weight excluding hydrogens is 238 g/mol. The lowest BCUT2D eigenvalue weighted by Crippen LogP contribution is -2.24. The van der Waals surface area contributed by atoms with E-state index in [0.717, 1.165) is 12.2 Å². The Kier molecular flexibility index (Phi) is 5.57. The minimum atomic E-state index is -0.172. The van der Waals surface area contributed by atoms with Crippen LogP contribution in [0.2, 0.25) is 0 Å². The maximum atomic E-state index is 11.6. The van der Waals surface area contributed by atoms with E-state index < -0.39 is 0 Å². The van der Waals surface area contributed by atoms with Crippen LogP contribution in [0.25, 0.3) is 0 Å². The predicted octanol–water partition coefficient (Wildman–Crippen LogP) is 2.96. The fraction of sp³-hybridized carbons (Fsp3) is 0.308. The number of amides is 1. The van der Waals surface area contributed by atoms with E-state index in [1.54, 1.807) is 24.3 Å². The van der Waals surface area contributed by atoms with Gasteiger partial charge >= 0.3 is 0 Å². The Morgan fingerprint density at radius 3 is 2.59 bits per heavy atom. The van der Waals surface area contributed by atoms with Crippen molar-refractivity contribution in [1.29, 1.82) is 0 Å². The van der Waals surface area contributed by atoms with E-state index in [-0.39, 0.29) is 12.5 Å². The number of benzene rings is 1. The van der Waals surface area contributed by atoms with Crippen molar-refractivity contribution in [2.45, 2.75) is 13.3 Å². The number of rotatable bonds is 6. The Morgan fingerprint density at radius 1 is 1.41 bits per heavy atom. The van der Waals surface area contributed by atoms with Gasteiger partial charge in [0.15, 0.2) is 0 Å². The molecule has 1 N–H and O–H groups in total. The molecule has 1 rings (SSSR count). The average Bonchev–Trinajstić information content (AvgIpc) is 2.34. The topological polar surface area (TPSA) is 38.3 Å². The molecule has 0 aliphatic heterocycles. The lowest BCUT2D eigenvalue weighted by Gasteiger charge is -2.06. The summed E-state index contributed by atoms with van der Waals surface area (Å²) in [5.74, 6) is 0.596. The van der Waals surface area contributed by atoms with Gasteiger partial charge in [0.05, 0.1) is 13.2 Å². The van der Waals surface area contributed by atoms with Crippen LogP contribution in [0.5, 0.6) is 5.75 Å². The van der Waals surface area contributed by atoms with Crippen LogP contribution < -0.4 is 10.1 Å². The Balaban J connectivity index is 2.54. The van der Waals surface area contributed by atoms with Crippen LogP contribution in [0.15, 0.2) is 35.9 Å². The van der Waals surface area contributed by atoms with Crippen molar-refractivity contribution in [3.63, 3.8) is 0 Å². The summed E-state index contributed by atoms with van der Waals surface area (Å²) in [5, 5.41) is 3.05. The third kappa shape index (κ3) is 4.91. The maximum absolute atomic E-state index is 11.6. The number of halogens is 1. The molecule has 1 amide bonds. The number of hydrogen-bond acceptors (Lipinski definition) is 2. The van der Waals surface area contributed by atoms with Crippen LogP contribution in [-0.2, 0) is 0 Å². The fourth-order valence-corrected chi connectivity index (χ4v) is 1.27. The first-order valence-electron chi connectivity index (χ1n) is 5.48. The van der Waals surface area contributed by atoms with Crippen LogP contribution in [0.3, 0.4) is 0 Å². The van der Waals surface area contributed by atoms with E-state index in [1.807, 2.05) is 6.92 Å². The highest BCUT2D eigenvalue weighted by Crippen LogP contribution is 2.12. The summed E-state index contributed by atoms with van der Waals surface area (Å²) in [5.41, 5.74) is 0.576. The van der Waals surface area contributed by atoms with Crippen LogP contribution in [0.1, 0.15) is 23.7 Å². The van der Waals surface area contributed by atoms with Crippen LogP contribution in [0, 0.1) is 0 Å². The monoisotopic (exact) mass is 253 g/mol. The van der Waals surface area contributed by atoms with E-state index >= 15 is 0 Å². The molecule has 0 saturated carbocycles. The third-order valence-electron chi connectivity index (χ3n) is 2.03. The van der Waals surface area contributed by atoms with Crippen molar-refractivity contribution in [2.75, 3.05) is 13.2 Å². The molecular formula is C13H16ClNO2. The molecule has 0 fully saturated rings. The highest BCUT2D eigenvalue weighted by molar-refractivity contribution is 6.29. The standard InChI is InChI=1S/C13H16ClNO2/c1-3-8-17-12-6-4-11(5-7-12)13(16)15-9-10(2)14/h4-7H,2-3,8-9H2,1H3,(H,15,16). The van der Waals surface area contributed by atoms with Gasteiger partial charge in [0.2, 0.25) is 0 Å². The summed E-state index contributed by atoms with van der Waals surface area (Å²) in [7, 11) is 0. The highest BCUT2D eigenvalue weighted by Gasteiger charge is 2.04. The lowest BCUT2D eigenvalue weighted by atomic mass is 10.2. The first-order chi connectivity index (χ1) is 8.13. The Labute approximate surface area is 106 Å². The Morgan fingerprint density at radius 2 is 2.06 bits per heavy atom. The molecule has 0 spiro atoms. The summed E-state index contributed by atoms with van der Waals surface area (Å²) in [4.78, 5) is 11.6. The average molecular weight is 254 g/mol. The van der Waals surface area contributed by atoms with E-state index in [1.165, 1.54) is 0 Å². The summed E-state index contributed by atoms with van der Waals surface area (Å²) in [6.45, 7) is 6.49. The quantitative estimate of drug-likeness (QED) is 0.847. The van der Waals surface area contributed by atoms with Gasteiger partial charge in [-0.1, -0.05) is 25.1 Å². The van der Waals surface area contributed by atoms with E-state index in [0.29, 0.717) is 17.2 Å². The first kappa shape index (κ1) is 13.6. The molecule has 0 unspecified atom stereocenters. The maximum Gasteiger partial charge on any atom is 0.251 e. The molecule has 0 heterocycles. The van der Waals surface area contributed by atoms with E-state index in [2.05, 4.69) is 11.9 Å². The van der Waals surface area contributed by atoms with Crippen molar-refractivity contribution in [3.05, 3.63) is 41.4 Å². The molecule has 0 atom stereocenters. The fourth-order valence-electron chi connectivity index (χ4n) is 1.20. The zero-order valence-electron chi connectivity index (χ0n) is 9.83. The second-order valence-corrected chi connectivity index (χ2v) is 4.11. The summed E-state index contributed by atoms with van der Waals surface area (Å²) in [6.07, 6.45) is 0.958. The van der Waals surface area contributed by atoms with Crippen molar-refractivity contribution >= 4 is 17.5 Å². The van der Waals surface area contributed by atoms with Crippen molar-refractivity contribution in [2.24, 2.45) is 0 Å². The first-order valence-corrected chi connectivity index (χ1v) is 5.85. The van der Waals surface area contributed by atoms with Gasteiger partial charge < -0.3 is 10.1 Å². The van der Waals surface area contributed by atoms with Crippen molar-refractivity contribution in [3.8, 4) is 5.75 Å². The second-order valence-electron chi connectivity index (χ2n) is 3.57. The van der Waals surface area contributed by atoms with Gasteiger partial charge in [0, 0.05) is 10.6 Å². The zero-order valence-corrected chi connectivity index (χ0v) is 10.6. The number of hydrogen-bond donors (Lipinski definition) is 1. The van der Waals surface area contributed by atoms with Crippen molar-refractivity contribution in [1.82, 2.24) is 5.32 Å². The third-order valence-corrected chi connectivity index (χ3v) is 2.16. The molecule has 17 heavy (non-hydrogen) atoms. The smallest absolute Gasteiger partial charge is 0.251 e. The number of carbonyl (C=O) groups is 1. The van der Waals surface area contributed by atoms with Crippen LogP contribution in [-0.4, -0.2) is 19.1 Å². The van der Waals surface area contributed by atoms with Gasteiger partial charge in [-0.15, -0.1) is 0 Å². The molecule has 1 aromatic carbocycles. The van der Waals surface area contributed by atoms with Crippen LogP contribution in [0.4, 0.5) is 0 Å². The molecule has 92 valence electrons.